The standard InChI is InChI=1S/C14H16BrN3O2/c1-9-10(2)20-14(17-9)8-16-7-13(19)18-12-6-4-3-5-11(12)15/h3-6,16H,7-8H2,1-2H3,(H,18,19). The first-order valence-corrected chi connectivity index (χ1v) is 7.03. The van der Waals surface area contributed by atoms with E-state index in [1.54, 1.807) is 0 Å². The van der Waals surface area contributed by atoms with Crippen molar-refractivity contribution in [3.8, 4) is 0 Å². The van der Waals surface area contributed by atoms with Gasteiger partial charge in [0.15, 0.2) is 0 Å². The zero-order valence-corrected chi connectivity index (χ0v) is 13.0. The maximum absolute atomic E-state index is 11.8. The average Bonchev–Trinajstić information content (AvgIpc) is 2.71. The van der Waals surface area contributed by atoms with Crippen LogP contribution in [0.25, 0.3) is 0 Å². The number of oxazole rings is 1. The first-order valence-electron chi connectivity index (χ1n) is 6.24. The van der Waals surface area contributed by atoms with Crippen molar-refractivity contribution in [2.75, 3.05) is 11.9 Å². The largest absolute Gasteiger partial charge is 0.444 e. The molecule has 1 amide bonds. The van der Waals surface area contributed by atoms with E-state index in [0.29, 0.717) is 12.4 Å². The molecule has 0 spiro atoms. The van der Waals surface area contributed by atoms with Crippen molar-refractivity contribution >= 4 is 27.5 Å². The second-order valence-corrected chi connectivity index (χ2v) is 5.24. The number of para-hydroxylation sites is 1. The summed E-state index contributed by atoms with van der Waals surface area (Å²) in [6.07, 6.45) is 0. The molecule has 0 radical (unpaired) electrons. The Morgan fingerprint density at radius 1 is 1.35 bits per heavy atom. The Morgan fingerprint density at radius 2 is 2.10 bits per heavy atom. The van der Waals surface area contributed by atoms with Crippen molar-refractivity contribution in [1.29, 1.82) is 0 Å². The van der Waals surface area contributed by atoms with Crippen LogP contribution in [0, 0.1) is 13.8 Å². The smallest absolute Gasteiger partial charge is 0.238 e. The third kappa shape index (κ3) is 3.91. The van der Waals surface area contributed by atoms with Gasteiger partial charge in [-0.2, -0.15) is 0 Å². The van der Waals surface area contributed by atoms with Crippen LogP contribution in [0.1, 0.15) is 17.3 Å². The highest BCUT2D eigenvalue weighted by atomic mass is 79.9. The van der Waals surface area contributed by atoms with Crippen LogP contribution in [0.5, 0.6) is 0 Å². The van der Waals surface area contributed by atoms with Gasteiger partial charge in [0, 0.05) is 4.47 Å². The number of halogens is 1. The minimum atomic E-state index is -0.114. The molecule has 2 N–H and O–H groups in total. The second-order valence-electron chi connectivity index (χ2n) is 4.38. The molecule has 1 aromatic heterocycles. The highest BCUT2D eigenvalue weighted by Crippen LogP contribution is 2.20. The molecule has 0 bridgehead atoms. The molecule has 0 atom stereocenters. The quantitative estimate of drug-likeness (QED) is 0.880. The maximum atomic E-state index is 11.8. The van der Waals surface area contributed by atoms with Gasteiger partial charge in [-0.05, 0) is 41.9 Å². The van der Waals surface area contributed by atoms with Crippen LogP contribution in [-0.2, 0) is 11.3 Å². The van der Waals surface area contributed by atoms with Gasteiger partial charge < -0.3 is 9.73 Å². The summed E-state index contributed by atoms with van der Waals surface area (Å²) < 4.78 is 6.27. The van der Waals surface area contributed by atoms with E-state index in [4.69, 9.17) is 4.42 Å². The van der Waals surface area contributed by atoms with E-state index < -0.39 is 0 Å². The van der Waals surface area contributed by atoms with Gasteiger partial charge in [0.1, 0.15) is 5.76 Å². The summed E-state index contributed by atoms with van der Waals surface area (Å²) in [6, 6.07) is 7.47. The summed E-state index contributed by atoms with van der Waals surface area (Å²) in [4.78, 5) is 16.0. The van der Waals surface area contributed by atoms with Crippen LogP contribution in [-0.4, -0.2) is 17.4 Å². The zero-order chi connectivity index (χ0) is 14.5. The molecule has 0 fully saturated rings. The predicted octanol–water partition coefficient (Wildman–Crippen LogP) is 2.78. The van der Waals surface area contributed by atoms with E-state index >= 15 is 0 Å². The molecule has 2 rings (SSSR count). The molecular formula is C14H16BrN3O2. The van der Waals surface area contributed by atoms with Crippen molar-refractivity contribution in [2.45, 2.75) is 20.4 Å². The van der Waals surface area contributed by atoms with Crippen molar-refractivity contribution in [2.24, 2.45) is 0 Å². The topological polar surface area (TPSA) is 67.2 Å². The number of aryl methyl sites for hydroxylation is 2. The van der Waals surface area contributed by atoms with Crippen LogP contribution < -0.4 is 10.6 Å². The van der Waals surface area contributed by atoms with Crippen LogP contribution in [0.3, 0.4) is 0 Å². The fourth-order valence-corrected chi connectivity index (χ4v) is 2.04. The number of anilines is 1. The third-order valence-corrected chi connectivity index (χ3v) is 3.47. The predicted molar refractivity (Wildman–Crippen MR) is 80.5 cm³/mol. The van der Waals surface area contributed by atoms with Gasteiger partial charge in [-0.15, -0.1) is 0 Å². The maximum Gasteiger partial charge on any atom is 0.238 e. The lowest BCUT2D eigenvalue weighted by atomic mass is 10.3. The summed E-state index contributed by atoms with van der Waals surface area (Å²) in [5.74, 6) is 1.28. The molecule has 0 aliphatic heterocycles. The molecule has 0 unspecified atom stereocenters. The Labute approximate surface area is 125 Å². The Bertz CT molecular complexity index is 591. The van der Waals surface area contributed by atoms with E-state index in [9.17, 15) is 4.79 Å². The highest BCUT2D eigenvalue weighted by molar-refractivity contribution is 9.10. The Morgan fingerprint density at radius 3 is 2.75 bits per heavy atom. The van der Waals surface area contributed by atoms with Gasteiger partial charge in [0.25, 0.3) is 0 Å². The van der Waals surface area contributed by atoms with Crippen molar-refractivity contribution in [1.82, 2.24) is 10.3 Å². The minimum Gasteiger partial charge on any atom is -0.444 e. The summed E-state index contributed by atoms with van der Waals surface area (Å²) in [6.45, 7) is 4.38. The molecule has 1 aromatic carbocycles. The number of hydrogen-bond donors (Lipinski definition) is 2. The van der Waals surface area contributed by atoms with Crippen LogP contribution in [0.15, 0.2) is 33.2 Å². The number of nitrogens with zero attached hydrogens (tertiary/aromatic N) is 1. The lowest BCUT2D eigenvalue weighted by Crippen LogP contribution is -2.27. The highest BCUT2D eigenvalue weighted by Gasteiger charge is 2.07. The van der Waals surface area contributed by atoms with Crippen LogP contribution in [0.4, 0.5) is 5.69 Å². The molecule has 20 heavy (non-hydrogen) atoms. The van der Waals surface area contributed by atoms with Gasteiger partial charge in [-0.3, -0.25) is 10.1 Å². The lowest BCUT2D eigenvalue weighted by molar-refractivity contribution is -0.115. The Hall–Kier alpha value is -1.66. The van der Waals surface area contributed by atoms with Gasteiger partial charge in [0.2, 0.25) is 11.8 Å². The number of amides is 1. The number of hydrogen-bond acceptors (Lipinski definition) is 4. The molecule has 2 aromatic rings. The number of carbonyl (C=O) groups excluding carboxylic acids is 1. The minimum absolute atomic E-state index is 0.114. The van der Waals surface area contributed by atoms with Crippen molar-refractivity contribution in [3.63, 3.8) is 0 Å². The van der Waals surface area contributed by atoms with Gasteiger partial charge in [-0.25, -0.2) is 4.98 Å². The van der Waals surface area contributed by atoms with E-state index in [1.807, 2.05) is 38.1 Å². The van der Waals surface area contributed by atoms with Crippen molar-refractivity contribution < 1.29 is 9.21 Å². The Kier molecular flexibility index (Phi) is 4.92. The molecule has 106 valence electrons. The summed E-state index contributed by atoms with van der Waals surface area (Å²) >= 11 is 3.38. The molecule has 0 saturated carbocycles. The molecule has 0 aliphatic carbocycles. The van der Waals surface area contributed by atoms with Gasteiger partial charge in [-0.1, -0.05) is 12.1 Å². The average molecular weight is 338 g/mol. The van der Waals surface area contributed by atoms with E-state index in [-0.39, 0.29) is 12.5 Å². The molecule has 0 saturated heterocycles. The fraction of sp³-hybridized carbons (Fsp3) is 0.286. The summed E-state index contributed by atoms with van der Waals surface area (Å²) in [5.41, 5.74) is 1.63. The number of carbonyl (C=O) groups is 1. The fourth-order valence-electron chi connectivity index (χ4n) is 1.65. The molecular weight excluding hydrogens is 322 g/mol. The molecule has 5 nitrogen and oxygen atoms in total. The monoisotopic (exact) mass is 337 g/mol. The lowest BCUT2D eigenvalue weighted by Gasteiger charge is -2.07. The van der Waals surface area contributed by atoms with Crippen molar-refractivity contribution in [3.05, 3.63) is 46.1 Å². The van der Waals surface area contributed by atoms with E-state index in [1.165, 1.54) is 0 Å². The number of rotatable bonds is 5. The first kappa shape index (κ1) is 14.7. The molecule has 1 heterocycles. The first-order chi connectivity index (χ1) is 9.56. The zero-order valence-electron chi connectivity index (χ0n) is 11.4. The summed E-state index contributed by atoms with van der Waals surface area (Å²) in [7, 11) is 0. The van der Waals surface area contributed by atoms with Gasteiger partial charge >= 0.3 is 0 Å². The number of benzene rings is 1. The van der Waals surface area contributed by atoms with Crippen LogP contribution in [0.2, 0.25) is 0 Å². The summed E-state index contributed by atoms with van der Waals surface area (Å²) in [5, 5.41) is 5.81. The molecule has 6 heteroatoms. The van der Waals surface area contributed by atoms with E-state index in [0.717, 1.165) is 21.6 Å². The second kappa shape index (κ2) is 6.67. The normalized spacial score (nSPS) is 10.6. The molecule has 0 aliphatic rings. The third-order valence-electron chi connectivity index (χ3n) is 2.78. The number of nitrogens with one attached hydrogen (secondary N) is 2. The van der Waals surface area contributed by atoms with Gasteiger partial charge in [0.05, 0.1) is 24.5 Å². The Balaban J connectivity index is 1.80. The van der Waals surface area contributed by atoms with E-state index in [2.05, 4.69) is 31.5 Å². The number of aromatic nitrogens is 1. The van der Waals surface area contributed by atoms with Crippen LogP contribution >= 0.6 is 15.9 Å². The SMILES string of the molecule is Cc1nc(CNCC(=O)Nc2ccccc2Br)oc1C.